The van der Waals surface area contributed by atoms with Crippen LogP contribution in [-0.4, -0.2) is 0 Å². The average molecular weight is 211 g/mol. The molecule has 0 N–H and O–H groups in total. The van der Waals surface area contributed by atoms with Crippen LogP contribution in [0.3, 0.4) is 0 Å². The third-order valence-electron chi connectivity index (χ3n) is 2.48. The molecule has 0 unspecified atom stereocenters. The molecule has 0 atom stereocenters. The lowest BCUT2D eigenvalue weighted by Crippen LogP contribution is -1.78. The summed E-state index contributed by atoms with van der Waals surface area (Å²) in [5.74, 6) is 1.74. The Morgan fingerprint density at radius 2 is 1.88 bits per heavy atom. The first kappa shape index (κ1) is 10.5. The molecule has 0 amide bonds. The highest BCUT2D eigenvalue weighted by atomic mass is 16.3. The number of hydrogen-bond donors (Lipinski definition) is 0. The second-order valence-electron chi connectivity index (χ2n) is 3.79. The van der Waals surface area contributed by atoms with E-state index in [-0.39, 0.29) is 0 Å². The van der Waals surface area contributed by atoms with Gasteiger partial charge in [-0.15, -0.1) is 0 Å². The quantitative estimate of drug-likeness (QED) is 0.776. The molecule has 2 heteroatoms. The van der Waals surface area contributed by atoms with E-state index in [4.69, 9.17) is 9.68 Å². The molecule has 2 nitrogen and oxygen atoms in total. The topological polar surface area (TPSA) is 36.9 Å². The van der Waals surface area contributed by atoms with Crippen molar-refractivity contribution < 1.29 is 4.42 Å². The summed E-state index contributed by atoms with van der Waals surface area (Å²) < 4.78 is 5.66. The summed E-state index contributed by atoms with van der Waals surface area (Å²) in [5.41, 5.74) is 2.31. The maximum absolute atomic E-state index is 8.49. The van der Waals surface area contributed by atoms with Crippen molar-refractivity contribution in [3.8, 4) is 17.4 Å². The van der Waals surface area contributed by atoms with E-state index in [9.17, 15) is 0 Å². The third-order valence-corrected chi connectivity index (χ3v) is 2.48. The van der Waals surface area contributed by atoms with Gasteiger partial charge in [-0.25, -0.2) is 0 Å². The Morgan fingerprint density at radius 3 is 2.56 bits per heavy atom. The van der Waals surface area contributed by atoms with Crippen LogP contribution >= 0.6 is 0 Å². The lowest BCUT2D eigenvalue weighted by molar-refractivity contribution is 0.523. The fraction of sp³-hybridized carbons (Fsp3) is 0.214. The van der Waals surface area contributed by atoms with Crippen molar-refractivity contribution in [2.75, 3.05) is 0 Å². The minimum atomic E-state index is 0.501. The summed E-state index contributed by atoms with van der Waals surface area (Å²) in [5, 5.41) is 8.49. The Kier molecular flexibility index (Phi) is 3.07. The van der Waals surface area contributed by atoms with Gasteiger partial charge in [0.15, 0.2) is 0 Å². The number of hydrogen-bond acceptors (Lipinski definition) is 2. The molecule has 0 saturated carbocycles. The van der Waals surface area contributed by atoms with E-state index in [0.29, 0.717) is 12.8 Å². The van der Waals surface area contributed by atoms with Crippen LogP contribution in [0.4, 0.5) is 0 Å². The smallest absolute Gasteiger partial charge is 0.134 e. The first-order valence-electron chi connectivity index (χ1n) is 5.32. The van der Waals surface area contributed by atoms with Gasteiger partial charge in [0, 0.05) is 18.4 Å². The van der Waals surface area contributed by atoms with Gasteiger partial charge in [0.25, 0.3) is 0 Å². The predicted molar refractivity (Wildman–Crippen MR) is 62.8 cm³/mol. The zero-order valence-electron chi connectivity index (χ0n) is 9.23. The second kappa shape index (κ2) is 4.67. The molecule has 0 bridgehead atoms. The van der Waals surface area contributed by atoms with Crippen molar-refractivity contribution >= 4 is 0 Å². The minimum Gasteiger partial charge on any atom is -0.461 e. The van der Waals surface area contributed by atoms with Crippen LogP contribution in [0.15, 0.2) is 40.8 Å². The van der Waals surface area contributed by atoms with Crippen LogP contribution in [0.5, 0.6) is 0 Å². The van der Waals surface area contributed by atoms with Gasteiger partial charge in [0.1, 0.15) is 11.5 Å². The standard InChI is InChI=1S/C14H13NO/c1-11-4-6-12(7-5-11)14-9-8-13(16-14)3-2-10-15/h4-9H,2-3H2,1H3. The van der Waals surface area contributed by atoms with Crippen LogP contribution in [0.25, 0.3) is 11.3 Å². The maximum Gasteiger partial charge on any atom is 0.134 e. The van der Waals surface area contributed by atoms with Gasteiger partial charge >= 0.3 is 0 Å². The van der Waals surface area contributed by atoms with Gasteiger partial charge in [-0.2, -0.15) is 5.26 Å². The Balaban J connectivity index is 2.18. The number of aryl methyl sites for hydroxylation is 2. The summed E-state index contributed by atoms with van der Waals surface area (Å²) in [6, 6.07) is 14.2. The highest BCUT2D eigenvalue weighted by Crippen LogP contribution is 2.22. The van der Waals surface area contributed by atoms with Crippen LogP contribution in [0.1, 0.15) is 17.7 Å². The van der Waals surface area contributed by atoms with E-state index in [0.717, 1.165) is 17.1 Å². The van der Waals surface area contributed by atoms with E-state index in [2.05, 4.69) is 25.1 Å². The highest BCUT2D eigenvalue weighted by molar-refractivity contribution is 5.57. The Morgan fingerprint density at radius 1 is 1.12 bits per heavy atom. The lowest BCUT2D eigenvalue weighted by Gasteiger charge is -1.97. The molecule has 0 aliphatic rings. The molecule has 0 radical (unpaired) electrons. The molecule has 0 aliphatic heterocycles. The zero-order chi connectivity index (χ0) is 11.4. The molecule has 0 fully saturated rings. The lowest BCUT2D eigenvalue weighted by atomic mass is 10.1. The molecule has 1 aromatic carbocycles. The van der Waals surface area contributed by atoms with Gasteiger partial charge in [0.2, 0.25) is 0 Å². The first-order chi connectivity index (χ1) is 7.79. The summed E-state index contributed by atoms with van der Waals surface area (Å²) in [4.78, 5) is 0. The van der Waals surface area contributed by atoms with Crippen molar-refractivity contribution in [2.24, 2.45) is 0 Å². The maximum atomic E-state index is 8.49. The van der Waals surface area contributed by atoms with Crippen LogP contribution in [0, 0.1) is 18.3 Å². The van der Waals surface area contributed by atoms with Gasteiger partial charge < -0.3 is 4.42 Å². The number of benzene rings is 1. The SMILES string of the molecule is Cc1ccc(-c2ccc(CCC#N)o2)cc1. The van der Waals surface area contributed by atoms with Gasteiger partial charge in [-0.05, 0) is 19.1 Å². The fourth-order valence-electron chi connectivity index (χ4n) is 1.56. The highest BCUT2D eigenvalue weighted by Gasteiger charge is 2.03. The van der Waals surface area contributed by atoms with Crippen molar-refractivity contribution in [1.29, 1.82) is 5.26 Å². The van der Waals surface area contributed by atoms with Gasteiger partial charge in [-0.3, -0.25) is 0 Å². The average Bonchev–Trinajstić information content (AvgIpc) is 2.76. The second-order valence-corrected chi connectivity index (χ2v) is 3.79. The number of nitriles is 1. The number of nitrogens with zero attached hydrogens (tertiary/aromatic N) is 1. The van der Waals surface area contributed by atoms with Crippen molar-refractivity contribution in [3.63, 3.8) is 0 Å². The summed E-state index contributed by atoms with van der Waals surface area (Å²) in [7, 11) is 0. The van der Waals surface area contributed by atoms with E-state index >= 15 is 0 Å². The van der Waals surface area contributed by atoms with Crippen LogP contribution in [0.2, 0.25) is 0 Å². The van der Waals surface area contributed by atoms with Crippen molar-refractivity contribution in [1.82, 2.24) is 0 Å². The Labute approximate surface area is 95.1 Å². The van der Waals surface area contributed by atoms with Crippen molar-refractivity contribution in [3.05, 3.63) is 47.7 Å². The van der Waals surface area contributed by atoms with Crippen molar-refractivity contribution in [2.45, 2.75) is 19.8 Å². The number of furan rings is 1. The number of rotatable bonds is 3. The first-order valence-corrected chi connectivity index (χ1v) is 5.32. The monoisotopic (exact) mass is 211 g/mol. The molecule has 0 spiro atoms. The summed E-state index contributed by atoms with van der Waals surface area (Å²) in [6.07, 6.45) is 1.18. The Bertz CT molecular complexity index is 502. The van der Waals surface area contributed by atoms with Gasteiger partial charge in [-0.1, -0.05) is 29.8 Å². The molecule has 0 aliphatic carbocycles. The largest absolute Gasteiger partial charge is 0.461 e. The van der Waals surface area contributed by atoms with E-state index < -0.39 is 0 Å². The molecule has 1 heterocycles. The van der Waals surface area contributed by atoms with Gasteiger partial charge in [0.05, 0.1) is 6.07 Å². The van der Waals surface area contributed by atoms with Crippen LogP contribution < -0.4 is 0 Å². The van der Waals surface area contributed by atoms with E-state index in [1.54, 1.807) is 0 Å². The van der Waals surface area contributed by atoms with E-state index in [1.807, 2.05) is 24.3 Å². The predicted octanol–water partition coefficient (Wildman–Crippen LogP) is 3.71. The Hall–Kier alpha value is -2.01. The van der Waals surface area contributed by atoms with Crippen LogP contribution in [-0.2, 0) is 6.42 Å². The fourth-order valence-corrected chi connectivity index (χ4v) is 1.56. The molecular formula is C14H13NO. The van der Waals surface area contributed by atoms with E-state index in [1.165, 1.54) is 5.56 Å². The molecule has 16 heavy (non-hydrogen) atoms. The molecule has 80 valence electrons. The normalized spacial score (nSPS) is 10.0. The minimum absolute atomic E-state index is 0.501. The molecular weight excluding hydrogens is 198 g/mol. The summed E-state index contributed by atoms with van der Waals surface area (Å²) >= 11 is 0. The molecule has 0 saturated heterocycles. The zero-order valence-corrected chi connectivity index (χ0v) is 9.23. The third kappa shape index (κ3) is 2.32. The molecule has 2 aromatic rings. The summed E-state index contributed by atoms with van der Waals surface area (Å²) in [6.45, 7) is 2.06. The molecule has 1 aromatic heterocycles. The molecule has 2 rings (SSSR count).